The number of hydrogen-bond donors (Lipinski definition) is 2. The fraction of sp³-hybridized carbons (Fsp3) is 0.167. The third kappa shape index (κ3) is 3.72. The quantitative estimate of drug-likeness (QED) is 0.745. The number of hydrogen-bond acceptors (Lipinski definition) is 5. The van der Waals surface area contributed by atoms with Crippen molar-refractivity contribution in [1.29, 1.82) is 0 Å². The topological polar surface area (TPSA) is 88.2 Å². The van der Waals surface area contributed by atoms with E-state index in [2.05, 4.69) is 15.5 Å². The summed E-state index contributed by atoms with van der Waals surface area (Å²) < 4.78 is 18.2. The van der Waals surface area contributed by atoms with E-state index in [0.29, 0.717) is 17.0 Å². The Labute approximate surface area is 143 Å². The highest BCUT2D eigenvalue weighted by atomic mass is 19.1. The number of rotatable bonds is 5. The van der Waals surface area contributed by atoms with Crippen molar-refractivity contribution in [2.45, 2.75) is 19.6 Å². The Morgan fingerprint density at radius 2 is 2.04 bits per heavy atom. The molecule has 1 atom stereocenters. The van der Waals surface area contributed by atoms with Crippen LogP contribution in [0.2, 0.25) is 0 Å². The number of aliphatic hydroxyl groups is 1. The molecule has 0 aliphatic rings. The number of amides is 1. The molecule has 0 aliphatic carbocycles. The predicted molar refractivity (Wildman–Crippen MR) is 87.9 cm³/mol. The summed E-state index contributed by atoms with van der Waals surface area (Å²) in [5.74, 6) is -0.980. The molecule has 0 radical (unpaired) electrons. The van der Waals surface area contributed by atoms with Gasteiger partial charge in [-0.2, -0.15) is 0 Å². The first-order chi connectivity index (χ1) is 12.1. The molecule has 1 amide bonds. The molecule has 0 saturated heterocycles. The summed E-state index contributed by atoms with van der Waals surface area (Å²) >= 11 is 0. The van der Waals surface area contributed by atoms with Gasteiger partial charge in [0, 0.05) is 11.8 Å². The van der Waals surface area contributed by atoms with Crippen LogP contribution in [-0.2, 0) is 6.54 Å². The van der Waals surface area contributed by atoms with Gasteiger partial charge in [-0.15, -0.1) is 0 Å². The van der Waals surface area contributed by atoms with Crippen LogP contribution in [-0.4, -0.2) is 21.2 Å². The van der Waals surface area contributed by atoms with Gasteiger partial charge < -0.3 is 14.9 Å². The standard InChI is InChI=1S/C18H16FN3O3/c1-11(23)15-16(12-5-7-13(19)8-6-12)22-25-17(15)18(24)21-10-14-4-2-3-9-20-14/h2-9,11,23H,10H2,1H3,(H,21,24)/t11-/m0/s1. The van der Waals surface area contributed by atoms with Crippen molar-refractivity contribution < 1.29 is 18.8 Å². The molecule has 0 unspecified atom stereocenters. The van der Waals surface area contributed by atoms with E-state index in [0.717, 1.165) is 0 Å². The summed E-state index contributed by atoms with van der Waals surface area (Å²) in [7, 11) is 0. The molecule has 2 heterocycles. The maximum atomic E-state index is 13.1. The minimum absolute atomic E-state index is 0.0785. The third-order valence-electron chi connectivity index (χ3n) is 3.63. The van der Waals surface area contributed by atoms with E-state index >= 15 is 0 Å². The Kier molecular flexibility index (Phi) is 4.85. The van der Waals surface area contributed by atoms with Crippen LogP contribution in [0, 0.1) is 5.82 Å². The normalized spacial score (nSPS) is 12.0. The number of nitrogens with one attached hydrogen (secondary N) is 1. The summed E-state index contributed by atoms with van der Waals surface area (Å²) in [4.78, 5) is 16.5. The minimum Gasteiger partial charge on any atom is -0.388 e. The molecule has 2 N–H and O–H groups in total. The second-order valence-corrected chi connectivity index (χ2v) is 5.46. The highest BCUT2D eigenvalue weighted by molar-refractivity contribution is 5.94. The number of carbonyl (C=O) groups excluding carboxylic acids is 1. The van der Waals surface area contributed by atoms with Gasteiger partial charge in [-0.3, -0.25) is 9.78 Å². The smallest absolute Gasteiger partial charge is 0.290 e. The predicted octanol–water partition coefficient (Wildman–Crippen LogP) is 2.86. The number of pyridine rings is 1. The molecule has 3 aromatic rings. The van der Waals surface area contributed by atoms with Gasteiger partial charge in [0.15, 0.2) is 0 Å². The molecule has 2 aromatic heterocycles. The molecule has 25 heavy (non-hydrogen) atoms. The van der Waals surface area contributed by atoms with Crippen LogP contribution in [0.4, 0.5) is 4.39 Å². The Morgan fingerprint density at radius 1 is 1.28 bits per heavy atom. The summed E-state index contributed by atoms with van der Waals surface area (Å²) in [6.45, 7) is 1.72. The van der Waals surface area contributed by atoms with Crippen LogP contribution in [0.1, 0.15) is 34.8 Å². The zero-order chi connectivity index (χ0) is 17.8. The molecule has 1 aromatic carbocycles. The van der Waals surface area contributed by atoms with Crippen molar-refractivity contribution >= 4 is 5.91 Å². The van der Waals surface area contributed by atoms with Gasteiger partial charge in [0.1, 0.15) is 11.5 Å². The van der Waals surface area contributed by atoms with Crippen molar-refractivity contribution in [3.8, 4) is 11.3 Å². The molecule has 0 saturated carbocycles. The van der Waals surface area contributed by atoms with Gasteiger partial charge in [-0.1, -0.05) is 11.2 Å². The molecule has 0 spiro atoms. The second-order valence-electron chi connectivity index (χ2n) is 5.46. The van der Waals surface area contributed by atoms with E-state index in [9.17, 15) is 14.3 Å². The first kappa shape index (κ1) is 16.8. The fourth-order valence-electron chi connectivity index (χ4n) is 2.42. The van der Waals surface area contributed by atoms with Crippen molar-refractivity contribution in [3.63, 3.8) is 0 Å². The van der Waals surface area contributed by atoms with Gasteiger partial charge in [0.2, 0.25) is 5.76 Å². The monoisotopic (exact) mass is 341 g/mol. The van der Waals surface area contributed by atoms with Gasteiger partial charge in [-0.05, 0) is 43.3 Å². The first-order valence-corrected chi connectivity index (χ1v) is 7.68. The maximum absolute atomic E-state index is 13.1. The van der Waals surface area contributed by atoms with Gasteiger partial charge in [0.25, 0.3) is 5.91 Å². The number of aromatic nitrogens is 2. The van der Waals surface area contributed by atoms with Crippen LogP contribution < -0.4 is 5.32 Å². The molecule has 6 nitrogen and oxygen atoms in total. The minimum atomic E-state index is -0.984. The lowest BCUT2D eigenvalue weighted by molar-refractivity contribution is 0.0905. The van der Waals surface area contributed by atoms with Crippen LogP contribution >= 0.6 is 0 Å². The number of benzene rings is 1. The maximum Gasteiger partial charge on any atom is 0.290 e. The zero-order valence-electron chi connectivity index (χ0n) is 13.4. The number of halogens is 1. The highest BCUT2D eigenvalue weighted by Gasteiger charge is 2.26. The van der Waals surface area contributed by atoms with E-state index in [1.54, 1.807) is 18.3 Å². The fourth-order valence-corrected chi connectivity index (χ4v) is 2.42. The van der Waals surface area contributed by atoms with Gasteiger partial charge in [0.05, 0.1) is 23.9 Å². The lowest BCUT2D eigenvalue weighted by Crippen LogP contribution is -2.24. The first-order valence-electron chi connectivity index (χ1n) is 7.68. The largest absolute Gasteiger partial charge is 0.388 e. The lowest BCUT2D eigenvalue weighted by Gasteiger charge is -2.07. The van der Waals surface area contributed by atoms with E-state index in [-0.39, 0.29) is 23.7 Å². The van der Waals surface area contributed by atoms with Crippen LogP contribution in [0.5, 0.6) is 0 Å². The molecule has 0 bridgehead atoms. The summed E-state index contributed by atoms with van der Waals surface area (Å²) in [5.41, 5.74) is 1.79. The molecule has 0 aliphatic heterocycles. The van der Waals surface area contributed by atoms with Crippen molar-refractivity contribution in [1.82, 2.24) is 15.5 Å². The summed E-state index contributed by atoms with van der Waals surface area (Å²) in [5, 5.41) is 16.6. The van der Waals surface area contributed by atoms with Crippen molar-refractivity contribution in [2.75, 3.05) is 0 Å². The second kappa shape index (κ2) is 7.23. The van der Waals surface area contributed by atoms with E-state index in [4.69, 9.17) is 4.52 Å². The Bertz CT molecular complexity index is 861. The molecule has 0 fully saturated rings. The summed E-state index contributed by atoms with van der Waals surface area (Å²) in [6.07, 6.45) is 0.644. The van der Waals surface area contributed by atoms with E-state index in [1.807, 2.05) is 6.07 Å². The lowest BCUT2D eigenvalue weighted by atomic mass is 10.0. The Morgan fingerprint density at radius 3 is 2.68 bits per heavy atom. The SMILES string of the molecule is C[C@H](O)c1c(-c2ccc(F)cc2)noc1C(=O)NCc1ccccn1. The number of nitrogens with zero attached hydrogens (tertiary/aromatic N) is 2. The average Bonchev–Trinajstić information content (AvgIpc) is 3.06. The Hall–Kier alpha value is -3.06. The number of aliphatic hydroxyl groups excluding tert-OH is 1. The van der Waals surface area contributed by atoms with E-state index in [1.165, 1.54) is 31.2 Å². The van der Waals surface area contributed by atoms with Crippen LogP contribution in [0.25, 0.3) is 11.3 Å². The van der Waals surface area contributed by atoms with Crippen LogP contribution in [0.15, 0.2) is 53.2 Å². The number of carbonyl (C=O) groups is 1. The summed E-state index contributed by atoms with van der Waals surface area (Å²) in [6, 6.07) is 10.9. The molecular weight excluding hydrogens is 325 g/mol. The molecular formula is C18H16FN3O3. The highest BCUT2D eigenvalue weighted by Crippen LogP contribution is 2.30. The van der Waals surface area contributed by atoms with E-state index < -0.39 is 12.0 Å². The Balaban J connectivity index is 1.86. The zero-order valence-corrected chi connectivity index (χ0v) is 13.4. The van der Waals surface area contributed by atoms with Crippen molar-refractivity contribution in [2.24, 2.45) is 0 Å². The van der Waals surface area contributed by atoms with Crippen LogP contribution in [0.3, 0.4) is 0 Å². The molecule has 128 valence electrons. The van der Waals surface area contributed by atoms with Gasteiger partial charge >= 0.3 is 0 Å². The van der Waals surface area contributed by atoms with Gasteiger partial charge in [-0.25, -0.2) is 4.39 Å². The average molecular weight is 341 g/mol. The third-order valence-corrected chi connectivity index (χ3v) is 3.63. The van der Waals surface area contributed by atoms with Crippen molar-refractivity contribution in [3.05, 3.63) is 71.5 Å². The molecule has 7 heteroatoms. The molecule has 3 rings (SSSR count).